The zero-order chi connectivity index (χ0) is 15.7. The molecule has 0 radical (unpaired) electrons. The Balaban J connectivity index is 2.12. The van der Waals surface area contributed by atoms with Crippen LogP contribution < -0.4 is 10.6 Å². The number of carbonyl (C=O) groups is 1. The molecule has 0 bridgehead atoms. The van der Waals surface area contributed by atoms with Gasteiger partial charge in [0.25, 0.3) is 0 Å². The normalized spacial score (nSPS) is 12.4. The van der Waals surface area contributed by atoms with Crippen molar-refractivity contribution in [3.63, 3.8) is 0 Å². The largest absolute Gasteiger partial charge is 0.508 e. The first-order chi connectivity index (χ1) is 9.97. The highest BCUT2D eigenvalue weighted by Crippen LogP contribution is 2.11. The zero-order valence-corrected chi connectivity index (χ0v) is 13.4. The number of rotatable bonds is 9. The number of amides is 1. The lowest BCUT2D eigenvalue weighted by atomic mass is 10.1. The summed E-state index contributed by atoms with van der Waals surface area (Å²) in [4.78, 5) is 11.6. The third-order valence-electron chi connectivity index (χ3n) is 3.35. The molecule has 1 unspecified atom stereocenters. The molecular formula is C17H28N2O2. The number of phenolic OH excluding ortho intramolecular Hbond substituents is 1. The van der Waals surface area contributed by atoms with Gasteiger partial charge >= 0.3 is 0 Å². The van der Waals surface area contributed by atoms with E-state index in [-0.39, 0.29) is 5.91 Å². The van der Waals surface area contributed by atoms with Crippen LogP contribution in [0.15, 0.2) is 24.3 Å². The van der Waals surface area contributed by atoms with Gasteiger partial charge in [0.15, 0.2) is 0 Å². The van der Waals surface area contributed by atoms with Crippen LogP contribution in [0.2, 0.25) is 0 Å². The summed E-state index contributed by atoms with van der Waals surface area (Å²) in [5.74, 6) is 0.908. The van der Waals surface area contributed by atoms with E-state index in [2.05, 4.69) is 31.4 Å². The van der Waals surface area contributed by atoms with Crippen LogP contribution in [0.25, 0.3) is 0 Å². The lowest BCUT2D eigenvalue weighted by molar-refractivity contribution is -0.121. The molecule has 0 heterocycles. The molecule has 0 aromatic heterocycles. The molecule has 1 amide bonds. The van der Waals surface area contributed by atoms with Gasteiger partial charge in [-0.05, 0) is 43.4 Å². The lowest BCUT2D eigenvalue weighted by Gasteiger charge is -2.14. The average Bonchev–Trinajstić information content (AvgIpc) is 2.44. The zero-order valence-electron chi connectivity index (χ0n) is 13.4. The van der Waals surface area contributed by atoms with Crippen LogP contribution in [-0.4, -0.2) is 30.1 Å². The summed E-state index contributed by atoms with van der Waals surface area (Å²) in [7, 11) is 0. The van der Waals surface area contributed by atoms with E-state index in [1.54, 1.807) is 12.1 Å². The number of hydrogen-bond acceptors (Lipinski definition) is 3. The Morgan fingerprint density at radius 2 is 1.86 bits per heavy atom. The van der Waals surface area contributed by atoms with E-state index in [1.807, 2.05) is 12.1 Å². The van der Waals surface area contributed by atoms with Gasteiger partial charge in [-0.1, -0.05) is 26.0 Å². The Kier molecular flexibility index (Phi) is 7.83. The molecule has 1 aromatic carbocycles. The van der Waals surface area contributed by atoms with E-state index in [9.17, 15) is 9.90 Å². The molecule has 0 fully saturated rings. The maximum Gasteiger partial charge on any atom is 0.221 e. The summed E-state index contributed by atoms with van der Waals surface area (Å²) < 4.78 is 0. The molecule has 4 nitrogen and oxygen atoms in total. The summed E-state index contributed by atoms with van der Waals surface area (Å²) in [5, 5.41) is 15.5. The molecule has 4 heteroatoms. The summed E-state index contributed by atoms with van der Waals surface area (Å²) >= 11 is 0. The van der Waals surface area contributed by atoms with Gasteiger partial charge in [0.1, 0.15) is 5.75 Å². The van der Waals surface area contributed by atoms with Gasteiger partial charge in [0, 0.05) is 25.6 Å². The Morgan fingerprint density at radius 3 is 2.48 bits per heavy atom. The monoisotopic (exact) mass is 292 g/mol. The van der Waals surface area contributed by atoms with Crippen molar-refractivity contribution in [3.8, 4) is 5.75 Å². The molecule has 21 heavy (non-hydrogen) atoms. The van der Waals surface area contributed by atoms with Crippen LogP contribution in [0.5, 0.6) is 5.75 Å². The Labute approximate surface area is 128 Å². The highest BCUT2D eigenvalue weighted by atomic mass is 16.3. The van der Waals surface area contributed by atoms with Gasteiger partial charge in [-0.3, -0.25) is 4.79 Å². The van der Waals surface area contributed by atoms with Crippen molar-refractivity contribution in [1.82, 2.24) is 10.6 Å². The van der Waals surface area contributed by atoms with Gasteiger partial charge in [-0.25, -0.2) is 0 Å². The van der Waals surface area contributed by atoms with Gasteiger partial charge in [-0.15, -0.1) is 0 Å². The van der Waals surface area contributed by atoms with E-state index in [1.165, 1.54) is 5.56 Å². The quantitative estimate of drug-likeness (QED) is 0.655. The Morgan fingerprint density at radius 1 is 1.19 bits per heavy atom. The number of carbonyl (C=O) groups excluding carboxylic acids is 1. The molecule has 118 valence electrons. The van der Waals surface area contributed by atoms with Crippen LogP contribution >= 0.6 is 0 Å². The second kappa shape index (κ2) is 9.40. The number of phenols is 1. The van der Waals surface area contributed by atoms with Gasteiger partial charge in [0.05, 0.1) is 0 Å². The van der Waals surface area contributed by atoms with Crippen molar-refractivity contribution >= 4 is 5.91 Å². The highest BCUT2D eigenvalue weighted by molar-refractivity contribution is 5.76. The SMILES string of the molecule is CC(C)CNC(=O)CCNC(C)CCc1ccc(O)cc1. The molecule has 0 aliphatic rings. The molecule has 0 saturated heterocycles. The van der Waals surface area contributed by atoms with Crippen LogP contribution in [0.3, 0.4) is 0 Å². The molecule has 1 rings (SSSR count). The van der Waals surface area contributed by atoms with Crippen LogP contribution in [-0.2, 0) is 11.2 Å². The minimum absolute atomic E-state index is 0.113. The molecule has 0 aliphatic heterocycles. The maximum atomic E-state index is 11.6. The number of hydrogen-bond donors (Lipinski definition) is 3. The topological polar surface area (TPSA) is 61.4 Å². The first-order valence-electron chi connectivity index (χ1n) is 7.75. The lowest BCUT2D eigenvalue weighted by Crippen LogP contribution is -2.33. The van der Waals surface area contributed by atoms with Gasteiger partial charge < -0.3 is 15.7 Å². The van der Waals surface area contributed by atoms with Gasteiger partial charge in [-0.2, -0.15) is 0 Å². The fraction of sp³-hybridized carbons (Fsp3) is 0.588. The molecule has 0 spiro atoms. The Hall–Kier alpha value is -1.55. The van der Waals surface area contributed by atoms with E-state index in [0.29, 0.717) is 30.7 Å². The van der Waals surface area contributed by atoms with Crippen molar-refractivity contribution < 1.29 is 9.90 Å². The van der Waals surface area contributed by atoms with Crippen molar-refractivity contribution in [1.29, 1.82) is 0 Å². The maximum absolute atomic E-state index is 11.6. The summed E-state index contributed by atoms with van der Waals surface area (Å²) in [6, 6.07) is 7.69. The first-order valence-corrected chi connectivity index (χ1v) is 7.75. The fourth-order valence-corrected chi connectivity index (χ4v) is 1.99. The number of aryl methyl sites for hydroxylation is 1. The minimum Gasteiger partial charge on any atom is -0.508 e. The average molecular weight is 292 g/mol. The number of benzene rings is 1. The molecule has 3 N–H and O–H groups in total. The third-order valence-corrected chi connectivity index (χ3v) is 3.35. The minimum atomic E-state index is 0.113. The Bertz CT molecular complexity index is 415. The standard InChI is InChI=1S/C17H28N2O2/c1-13(2)12-19-17(21)10-11-18-14(3)4-5-15-6-8-16(20)9-7-15/h6-9,13-14,18,20H,4-5,10-12H2,1-3H3,(H,19,21). The van der Waals surface area contributed by atoms with Crippen molar-refractivity contribution in [2.45, 2.75) is 46.1 Å². The van der Waals surface area contributed by atoms with Crippen LogP contribution in [0.1, 0.15) is 39.2 Å². The van der Waals surface area contributed by atoms with Crippen molar-refractivity contribution in [2.75, 3.05) is 13.1 Å². The highest BCUT2D eigenvalue weighted by Gasteiger charge is 2.05. The van der Waals surface area contributed by atoms with Crippen molar-refractivity contribution in [3.05, 3.63) is 29.8 Å². The van der Waals surface area contributed by atoms with E-state index in [0.717, 1.165) is 19.4 Å². The van der Waals surface area contributed by atoms with Crippen LogP contribution in [0.4, 0.5) is 0 Å². The second-order valence-corrected chi connectivity index (χ2v) is 6.01. The summed E-state index contributed by atoms with van der Waals surface area (Å²) in [6.45, 7) is 7.76. The smallest absolute Gasteiger partial charge is 0.221 e. The van der Waals surface area contributed by atoms with E-state index >= 15 is 0 Å². The summed E-state index contributed by atoms with van der Waals surface area (Å²) in [6.07, 6.45) is 2.50. The molecule has 1 aromatic rings. The third kappa shape index (κ3) is 8.35. The number of aromatic hydroxyl groups is 1. The van der Waals surface area contributed by atoms with Crippen molar-refractivity contribution in [2.24, 2.45) is 5.92 Å². The predicted molar refractivity (Wildman–Crippen MR) is 86.4 cm³/mol. The fourth-order valence-electron chi connectivity index (χ4n) is 1.99. The first kappa shape index (κ1) is 17.5. The van der Waals surface area contributed by atoms with Crippen LogP contribution in [0, 0.1) is 5.92 Å². The van der Waals surface area contributed by atoms with E-state index in [4.69, 9.17) is 0 Å². The number of nitrogens with one attached hydrogen (secondary N) is 2. The molecule has 0 saturated carbocycles. The molecule has 0 aliphatic carbocycles. The molecular weight excluding hydrogens is 264 g/mol. The molecule has 1 atom stereocenters. The van der Waals surface area contributed by atoms with E-state index < -0.39 is 0 Å². The van der Waals surface area contributed by atoms with Gasteiger partial charge in [0.2, 0.25) is 5.91 Å². The summed E-state index contributed by atoms with van der Waals surface area (Å²) in [5.41, 5.74) is 1.22. The second-order valence-electron chi connectivity index (χ2n) is 6.01. The predicted octanol–water partition coefficient (Wildman–Crippen LogP) is 2.47.